The first-order valence-corrected chi connectivity index (χ1v) is 4.86. The molecular formula is C10H13BrO2. The Labute approximate surface area is 87.0 Å². The molecule has 2 nitrogen and oxygen atoms in total. The molecule has 0 aliphatic carbocycles. The van der Waals surface area contributed by atoms with E-state index in [0.29, 0.717) is 5.56 Å². The molecule has 1 rings (SSSR count). The Hall–Kier alpha value is -0.830. The van der Waals surface area contributed by atoms with Crippen LogP contribution in [0.1, 0.15) is 24.2 Å². The summed E-state index contributed by atoms with van der Waals surface area (Å²) in [4.78, 5) is 10.4. The van der Waals surface area contributed by atoms with Gasteiger partial charge in [0, 0.05) is 10.0 Å². The molecule has 0 saturated heterocycles. The third-order valence-corrected chi connectivity index (χ3v) is 2.02. The van der Waals surface area contributed by atoms with Crippen LogP contribution in [0.4, 0.5) is 0 Å². The van der Waals surface area contributed by atoms with Gasteiger partial charge in [-0.15, -0.1) is 0 Å². The van der Waals surface area contributed by atoms with Crippen molar-refractivity contribution in [2.24, 2.45) is 0 Å². The molecule has 0 radical (unpaired) electrons. The SMILES string of the molecule is CC.COc1ccc(C=O)c(Br)c1. The van der Waals surface area contributed by atoms with Crippen LogP contribution in [-0.2, 0) is 0 Å². The van der Waals surface area contributed by atoms with E-state index in [1.54, 1.807) is 25.3 Å². The first kappa shape index (κ1) is 12.2. The summed E-state index contributed by atoms with van der Waals surface area (Å²) in [6.07, 6.45) is 0.795. The summed E-state index contributed by atoms with van der Waals surface area (Å²) >= 11 is 3.24. The Balaban J connectivity index is 0.000000671. The maximum absolute atomic E-state index is 10.4. The first-order chi connectivity index (χ1) is 6.27. The summed E-state index contributed by atoms with van der Waals surface area (Å²) in [6.45, 7) is 4.00. The molecule has 0 aromatic heterocycles. The highest BCUT2D eigenvalue weighted by Crippen LogP contribution is 2.21. The molecule has 0 fully saturated rings. The zero-order chi connectivity index (χ0) is 10.3. The molecule has 0 aliphatic heterocycles. The lowest BCUT2D eigenvalue weighted by atomic mass is 10.2. The number of halogens is 1. The van der Waals surface area contributed by atoms with Crippen LogP contribution in [0.5, 0.6) is 5.75 Å². The molecule has 0 bridgehead atoms. The van der Waals surface area contributed by atoms with Gasteiger partial charge in [0.1, 0.15) is 5.75 Å². The van der Waals surface area contributed by atoms with E-state index in [2.05, 4.69) is 15.9 Å². The van der Waals surface area contributed by atoms with E-state index in [0.717, 1.165) is 16.5 Å². The average molecular weight is 245 g/mol. The van der Waals surface area contributed by atoms with Crippen molar-refractivity contribution < 1.29 is 9.53 Å². The van der Waals surface area contributed by atoms with Crippen molar-refractivity contribution in [3.05, 3.63) is 28.2 Å². The number of benzene rings is 1. The van der Waals surface area contributed by atoms with Crippen molar-refractivity contribution in [2.75, 3.05) is 7.11 Å². The number of ether oxygens (including phenoxy) is 1. The fourth-order valence-corrected chi connectivity index (χ4v) is 1.18. The largest absolute Gasteiger partial charge is 0.497 e. The van der Waals surface area contributed by atoms with E-state index in [1.807, 2.05) is 13.8 Å². The summed E-state index contributed by atoms with van der Waals surface area (Å²) < 4.78 is 5.70. The second-order valence-electron chi connectivity index (χ2n) is 2.01. The van der Waals surface area contributed by atoms with Gasteiger partial charge in [-0.2, -0.15) is 0 Å². The molecule has 1 aromatic rings. The lowest BCUT2D eigenvalue weighted by Gasteiger charge is -2.00. The predicted molar refractivity (Wildman–Crippen MR) is 57.4 cm³/mol. The van der Waals surface area contributed by atoms with Crippen molar-refractivity contribution in [1.82, 2.24) is 0 Å². The van der Waals surface area contributed by atoms with Crippen molar-refractivity contribution in [3.8, 4) is 5.75 Å². The van der Waals surface area contributed by atoms with Gasteiger partial charge in [-0.25, -0.2) is 0 Å². The zero-order valence-electron chi connectivity index (χ0n) is 8.00. The maximum atomic E-state index is 10.4. The Kier molecular flexibility index (Phi) is 6.24. The molecule has 0 unspecified atom stereocenters. The van der Waals surface area contributed by atoms with Crippen molar-refractivity contribution >= 4 is 22.2 Å². The monoisotopic (exact) mass is 244 g/mol. The van der Waals surface area contributed by atoms with Crippen LogP contribution in [0.25, 0.3) is 0 Å². The van der Waals surface area contributed by atoms with Gasteiger partial charge in [0.25, 0.3) is 0 Å². The first-order valence-electron chi connectivity index (χ1n) is 4.06. The molecule has 0 saturated carbocycles. The van der Waals surface area contributed by atoms with Crippen molar-refractivity contribution in [3.63, 3.8) is 0 Å². The van der Waals surface area contributed by atoms with E-state index < -0.39 is 0 Å². The number of carbonyl (C=O) groups is 1. The Morgan fingerprint density at radius 2 is 2.00 bits per heavy atom. The van der Waals surface area contributed by atoms with Crippen molar-refractivity contribution in [2.45, 2.75) is 13.8 Å². The van der Waals surface area contributed by atoms with Crippen LogP contribution in [0, 0.1) is 0 Å². The lowest BCUT2D eigenvalue weighted by molar-refractivity contribution is 0.112. The van der Waals surface area contributed by atoms with Crippen LogP contribution in [-0.4, -0.2) is 13.4 Å². The number of aldehydes is 1. The van der Waals surface area contributed by atoms with E-state index in [1.165, 1.54) is 0 Å². The minimum absolute atomic E-state index is 0.630. The number of methoxy groups -OCH3 is 1. The molecule has 72 valence electrons. The molecule has 0 heterocycles. The van der Waals surface area contributed by atoms with E-state index in [-0.39, 0.29) is 0 Å². The van der Waals surface area contributed by atoms with Crippen LogP contribution in [0.3, 0.4) is 0 Å². The van der Waals surface area contributed by atoms with Gasteiger partial charge in [0.15, 0.2) is 6.29 Å². The van der Waals surface area contributed by atoms with Gasteiger partial charge < -0.3 is 4.74 Å². The predicted octanol–water partition coefficient (Wildman–Crippen LogP) is 3.30. The smallest absolute Gasteiger partial charge is 0.151 e. The summed E-state index contributed by atoms with van der Waals surface area (Å²) in [5, 5.41) is 0. The molecule has 1 aromatic carbocycles. The highest BCUT2D eigenvalue weighted by Gasteiger charge is 1.98. The molecule has 0 N–H and O–H groups in total. The van der Waals surface area contributed by atoms with Crippen LogP contribution < -0.4 is 4.74 Å². The maximum Gasteiger partial charge on any atom is 0.151 e. The number of hydrogen-bond acceptors (Lipinski definition) is 2. The van der Waals surface area contributed by atoms with Crippen LogP contribution in [0.15, 0.2) is 22.7 Å². The van der Waals surface area contributed by atoms with Crippen molar-refractivity contribution in [1.29, 1.82) is 0 Å². The molecule has 0 amide bonds. The summed E-state index contributed by atoms with van der Waals surface area (Å²) in [7, 11) is 1.59. The Bertz CT molecular complexity index is 272. The fourth-order valence-electron chi connectivity index (χ4n) is 0.730. The molecule has 0 aliphatic rings. The van der Waals surface area contributed by atoms with E-state index >= 15 is 0 Å². The molecule has 3 heteroatoms. The second kappa shape index (κ2) is 6.66. The van der Waals surface area contributed by atoms with Gasteiger partial charge in [0.2, 0.25) is 0 Å². The standard InChI is InChI=1S/C8H7BrO2.C2H6/c1-11-7-3-2-6(5-10)8(9)4-7;1-2/h2-5H,1H3;1-2H3. The van der Waals surface area contributed by atoms with Gasteiger partial charge in [-0.05, 0) is 34.1 Å². The van der Waals surface area contributed by atoms with E-state index in [9.17, 15) is 4.79 Å². The third kappa shape index (κ3) is 3.59. The van der Waals surface area contributed by atoms with Gasteiger partial charge in [0.05, 0.1) is 7.11 Å². The summed E-state index contributed by atoms with van der Waals surface area (Å²) in [5.41, 5.74) is 0.630. The fraction of sp³-hybridized carbons (Fsp3) is 0.300. The normalized spacial score (nSPS) is 8.31. The zero-order valence-corrected chi connectivity index (χ0v) is 9.59. The van der Waals surface area contributed by atoms with Gasteiger partial charge >= 0.3 is 0 Å². The number of hydrogen-bond donors (Lipinski definition) is 0. The molecule has 13 heavy (non-hydrogen) atoms. The molecule has 0 atom stereocenters. The van der Waals surface area contributed by atoms with E-state index in [4.69, 9.17) is 4.74 Å². The van der Waals surface area contributed by atoms with Crippen LogP contribution >= 0.6 is 15.9 Å². The molecular weight excluding hydrogens is 232 g/mol. The number of carbonyl (C=O) groups excluding carboxylic acids is 1. The minimum atomic E-state index is 0.630. The third-order valence-electron chi connectivity index (χ3n) is 1.33. The van der Waals surface area contributed by atoms with Crippen LogP contribution in [0.2, 0.25) is 0 Å². The average Bonchev–Trinajstić information content (AvgIpc) is 2.20. The quantitative estimate of drug-likeness (QED) is 0.747. The Morgan fingerprint density at radius 3 is 2.38 bits per heavy atom. The van der Waals surface area contributed by atoms with Gasteiger partial charge in [-0.3, -0.25) is 4.79 Å². The van der Waals surface area contributed by atoms with Gasteiger partial charge in [-0.1, -0.05) is 13.8 Å². The highest BCUT2D eigenvalue weighted by atomic mass is 79.9. The topological polar surface area (TPSA) is 26.3 Å². The lowest BCUT2D eigenvalue weighted by Crippen LogP contribution is -1.85. The summed E-state index contributed by atoms with van der Waals surface area (Å²) in [6, 6.07) is 5.20. The Morgan fingerprint density at radius 1 is 1.38 bits per heavy atom. The number of rotatable bonds is 2. The highest BCUT2D eigenvalue weighted by molar-refractivity contribution is 9.10. The second-order valence-corrected chi connectivity index (χ2v) is 2.86. The molecule has 0 spiro atoms. The minimum Gasteiger partial charge on any atom is -0.497 e. The summed E-state index contributed by atoms with van der Waals surface area (Å²) in [5.74, 6) is 0.738.